The van der Waals surface area contributed by atoms with Crippen LogP contribution in [0.15, 0.2) is 117 Å². The van der Waals surface area contributed by atoms with Crippen LogP contribution in [-0.2, 0) is 15.0 Å². The molecule has 0 unspecified atom stereocenters. The monoisotopic (exact) mass is 950 g/mol. The number of alkyl halides is 2. The third-order valence-corrected chi connectivity index (χ3v) is 12.4. The molecule has 8 atom stereocenters. The second kappa shape index (κ2) is 19.3. The number of rotatable bonds is 14. The van der Waals surface area contributed by atoms with Gasteiger partial charge in [-0.15, -0.1) is 0 Å². The molecule has 4 aromatic heterocycles. The van der Waals surface area contributed by atoms with Crippen molar-refractivity contribution in [1.29, 1.82) is 0 Å². The number of anilines is 2. The average molecular weight is 951 g/mol. The predicted octanol–water partition coefficient (Wildman–Crippen LogP) is 4.05. The first kappa shape index (κ1) is 47.5. The number of fused-ring (bicyclic) bond motifs is 2. The summed E-state index contributed by atoms with van der Waals surface area (Å²) in [6.07, 6.45) is -5.74. The molecule has 0 radical (unpaired) electrons. The van der Waals surface area contributed by atoms with Crippen molar-refractivity contribution in [2.75, 3.05) is 44.5 Å². The predicted molar refractivity (Wildman–Crippen MR) is 243 cm³/mol. The highest BCUT2D eigenvalue weighted by Crippen LogP contribution is 2.45. The van der Waals surface area contributed by atoms with Gasteiger partial charge in [-0.3, -0.25) is 28.7 Å². The van der Waals surface area contributed by atoms with Crippen molar-refractivity contribution in [3.63, 3.8) is 0 Å². The number of azide groups is 2. The number of ether oxygens (including phenoxy) is 3. The molecule has 24 nitrogen and oxygen atoms in total. The van der Waals surface area contributed by atoms with Gasteiger partial charge < -0.3 is 40.6 Å². The van der Waals surface area contributed by atoms with Crippen LogP contribution < -0.4 is 26.9 Å². The quantitative estimate of drug-likeness (QED) is 0.0350. The number of aromatic amines is 2. The number of halogens is 2. The number of aliphatic hydroxyl groups is 3. The van der Waals surface area contributed by atoms with Crippen molar-refractivity contribution < 1.29 is 38.3 Å². The molecule has 0 bridgehead atoms. The lowest BCUT2D eigenvalue weighted by Crippen LogP contribution is -2.48. The number of benzene rings is 3. The van der Waals surface area contributed by atoms with E-state index in [4.69, 9.17) is 36.0 Å². The lowest BCUT2D eigenvalue weighted by Gasteiger charge is -2.37. The molecular formula is C43H44F2N16O8. The first-order valence-corrected chi connectivity index (χ1v) is 21.1. The van der Waals surface area contributed by atoms with Crippen LogP contribution in [0.3, 0.4) is 0 Å². The largest absolute Gasteiger partial charge is 0.497 e. The normalized spacial score (nSPS) is 24.3. The first-order valence-electron chi connectivity index (χ1n) is 21.1. The van der Waals surface area contributed by atoms with Gasteiger partial charge in [0.2, 0.25) is 11.9 Å². The number of nitrogens with one attached hydrogen (secondary N) is 3. The Balaban J connectivity index is 0.000000225. The summed E-state index contributed by atoms with van der Waals surface area (Å²) >= 11 is 0. The van der Waals surface area contributed by atoms with Crippen LogP contribution in [0.5, 0.6) is 5.75 Å². The number of aromatic nitrogens is 8. The van der Waals surface area contributed by atoms with Crippen molar-refractivity contribution in [2.45, 2.75) is 54.6 Å². The smallest absolute Gasteiger partial charge is 0.280 e. The number of imidazole rings is 2. The van der Waals surface area contributed by atoms with Gasteiger partial charge in [0.05, 0.1) is 46.1 Å². The Labute approximate surface area is 387 Å². The van der Waals surface area contributed by atoms with Crippen molar-refractivity contribution in [1.82, 2.24) is 39.0 Å². The molecule has 3 aromatic carbocycles. The zero-order chi connectivity index (χ0) is 49.1. The molecule has 9 rings (SSSR count). The molecule has 358 valence electrons. The minimum atomic E-state index is -1.99. The Bertz CT molecular complexity index is 3130. The second-order valence-electron chi connectivity index (χ2n) is 16.2. The number of H-pyrrole nitrogens is 2. The van der Waals surface area contributed by atoms with Crippen molar-refractivity contribution in [3.8, 4) is 5.75 Å². The standard InChI is InChI=1S/C32H31FN8O4.C11H13FN8O4/c1-20-25(33)29(45-31(20,18-42)17-36-40-34)41-19-35-26-27(41)37-30(38-28(26)43)39-32(21-9-5-3-6-10-21,22-11-7-4-8-12-22)23-13-15-24(44-2)16-14-23;12-4-6(22)11(2-21,1-16-19-14)24-9(4)20-3-15-5-7(20)17-10(13)18-8(5)23/h3-16,19-20,25,29,42H,17-18H2,1-2H3,(H2,37,38,39,43);3-4,6,9,21-22H,1-2H2,(H3,13,17,18,23)/t20-,25+,29+,31+;4-,6+,9-,11-/m01/s1. The van der Waals surface area contributed by atoms with E-state index in [1.54, 1.807) is 14.0 Å². The highest BCUT2D eigenvalue weighted by Gasteiger charge is 2.56. The zero-order valence-electron chi connectivity index (χ0n) is 36.6. The minimum Gasteiger partial charge on any atom is -0.497 e. The van der Waals surface area contributed by atoms with E-state index in [1.807, 2.05) is 84.9 Å². The maximum atomic E-state index is 15.8. The Kier molecular flexibility index (Phi) is 13.3. The number of aliphatic hydroxyl groups excluding tert-OH is 3. The van der Waals surface area contributed by atoms with Crippen LogP contribution in [0, 0.1) is 5.92 Å². The molecule has 26 heteroatoms. The van der Waals surface area contributed by atoms with E-state index in [1.165, 1.54) is 10.9 Å². The van der Waals surface area contributed by atoms with Gasteiger partial charge >= 0.3 is 0 Å². The second-order valence-corrected chi connectivity index (χ2v) is 16.2. The van der Waals surface area contributed by atoms with Crippen LogP contribution in [0.4, 0.5) is 20.7 Å². The van der Waals surface area contributed by atoms with Gasteiger partial charge in [0, 0.05) is 15.7 Å². The van der Waals surface area contributed by atoms with Crippen molar-refractivity contribution in [2.24, 2.45) is 16.1 Å². The molecule has 69 heavy (non-hydrogen) atoms. The molecule has 2 saturated heterocycles. The minimum absolute atomic E-state index is 0.0185. The third-order valence-electron chi connectivity index (χ3n) is 12.4. The Hall–Kier alpha value is -7.96. The van der Waals surface area contributed by atoms with Gasteiger partial charge in [0.25, 0.3) is 11.1 Å². The molecule has 0 aliphatic carbocycles. The van der Waals surface area contributed by atoms with Gasteiger partial charge in [-0.25, -0.2) is 18.7 Å². The van der Waals surface area contributed by atoms with Crippen LogP contribution in [0.25, 0.3) is 43.2 Å². The Morgan fingerprint density at radius 1 is 0.797 bits per heavy atom. The number of methoxy groups -OCH3 is 1. The van der Waals surface area contributed by atoms with Gasteiger partial charge in [-0.1, -0.05) is 89.9 Å². The molecule has 0 amide bonds. The van der Waals surface area contributed by atoms with Crippen molar-refractivity contribution >= 4 is 34.2 Å². The number of hydrogen-bond donors (Lipinski definition) is 7. The summed E-state index contributed by atoms with van der Waals surface area (Å²) in [5.41, 5.74) is 19.7. The van der Waals surface area contributed by atoms with Gasteiger partial charge in [-0.2, -0.15) is 9.97 Å². The average Bonchev–Trinajstić information content (AvgIpc) is 4.12. The molecule has 7 aromatic rings. The molecule has 2 fully saturated rings. The maximum absolute atomic E-state index is 15.8. The topological polar surface area (TPSA) is 351 Å². The maximum Gasteiger partial charge on any atom is 0.280 e. The summed E-state index contributed by atoms with van der Waals surface area (Å²) in [5.74, 6) is -0.266. The highest BCUT2D eigenvalue weighted by atomic mass is 19.1. The molecular weight excluding hydrogens is 907 g/mol. The number of nitrogens with zero attached hydrogens (tertiary/aromatic N) is 12. The summed E-state index contributed by atoms with van der Waals surface area (Å²) in [6.45, 7) is -0.545. The molecule has 0 saturated carbocycles. The summed E-state index contributed by atoms with van der Waals surface area (Å²) in [7, 11) is 1.60. The van der Waals surface area contributed by atoms with Gasteiger partial charge in [-0.05, 0) is 39.9 Å². The van der Waals surface area contributed by atoms with Gasteiger partial charge in [0.15, 0.2) is 47.1 Å². The number of hydrogen-bond acceptors (Lipinski definition) is 16. The fourth-order valence-electron chi connectivity index (χ4n) is 8.63. The van der Waals surface area contributed by atoms with Crippen LogP contribution >= 0.6 is 0 Å². The summed E-state index contributed by atoms with van der Waals surface area (Å²) < 4.78 is 49.7. The van der Waals surface area contributed by atoms with E-state index in [9.17, 15) is 29.3 Å². The fourth-order valence-corrected chi connectivity index (χ4v) is 8.63. The highest BCUT2D eigenvalue weighted by molar-refractivity contribution is 5.72. The van der Waals surface area contributed by atoms with E-state index < -0.39 is 84.4 Å². The molecule has 2 aliphatic heterocycles. The molecule has 6 heterocycles. The Morgan fingerprint density at radius 2 is 1.29 bits per heavy atom. The zero-order valence-corrected chi connectivity index (χ0v) is 36.6. The Morgan fingerprint density at radius 3 is 1.83 bits per heavy atom. The van der Waals surface area contributed by atoms with Crippen LogP contribution in [0.1, 0.15) is 36.1 Å². The lowest BCUT2D eigenvalue weighted by molar-refractivity contribution is -0.120. The molecule has 0 spiro atoms. The molecule has 8 N–H and O–H groups in total. The first-order chi connectivity index (χ1) is 33.3. The number of nitrogen functional groups attached to an aromatic ring is 1. The van der Waals surface area contributed by atoms with Crippen molar-refractivity contribution in [3.05, 3.63) is 156 Å². The van der Waals surface area contributed by atoms with E-state index in [2.05, 4.69) is 50.3 Å². The van der Waals surface area contributed by atoms with E-state index in [0.29, 0.717) is 5.75 Å². The summed E-state index contributed by atoms with van der Waals surface area (Å²) in [4.78, 5) is 52.2. The van der Waals surface area contributed by atoms with E-state index in [0.717, 1.165) is 27.6 Å². The van der Waals surface area contributed by atoms with Crippen LogP contribution in [0.2, 0.25) is 0 Å². The summed E-state index contributed by atoms with van der Waals surface area (Å²) in [5, 5.41) is 40.0. The molecule has 2 aliphatic rings. The van der Waals surface area contributed by atoms with Crippen LogP contribution in [-0.4, -0.2) is 117 Å². The van der Waals surface area contributed by atoms with E-state index >= 15 is 4.39 Å². The number of nitrogens with two attached hydrogens (primary N) is 1. The van der Waals surface area contributed by atoms with E-state index in [-0.39, 0.29) is 40.8 Å². The van der Waals surface area contributed by atoms with Gasteiger partial charge in [0.1, 0.15) is 28.6 Å². The fraction of sp³-hybridized carbons (Fsp3) is 0.349. The third kappa shape index (κ3) is 8.41. The lowest BCUT2D eigenvalue weighted by atomic mass is 9.77. The SMILES string of the molecule is COc1ccc(C(Nc2nc3c(ncn3[C@@H]3O[C@@](CO)(CN=[N+]=[N-])[C@@H](C)[C@H]3F)c(=O)[nH]2)(c2ccccc2)c2ccccc2)cc1.[N-]=[N+]=NC[C@]1(CO)O[C@@H](n2cnc3c(=O)[nH]c(N)nc32)[C@H](F)[C@@H]1O. The summed E-state index contributed by atoms with van der Waals surface area (Å²) in [6, 6.07) is 27.0.